The fraction of sp³-hybridized carbons (Fsp3) is 0.182. The lowest BCUT2D eigenvalue weighted by molar-refractivity contribution is -0.131. The first-order valence-electron chi connectivity index (χ1n) is 4.41. The molecule has 0 fully saturated rings. The number of carbonyl (C=O) groups is 1. The third-order valence-electron chi connectivity index (χ3n) is 1.92. The Labute approximate surface area is 91.9 Å². The molecule has 1 N–H and O–H groups in total. The van der Waals surface area contributed by atoms with E-state index in [-0.39, 0.29) is 11.3 Å². The number of ether oxygens (including phenoxy) is 2. The molecule has 0 aromatic heterocycles. The molecule has 0 aliphatic heterocycles. The first-order valence-corrected chi connectivity index (χ1v) is 4.41. The van der Waals surface area contributed by atoms with Gasteiger partial charge in [-0.1, -0.05) is 0 Å². The minimum atomic E-state index is -1.13. The SMILES string of the molecule is COc1ccc(F)c(OC)c1C=CC(=O)O. The molecule has 5 heteroatoms. The van der Waals surface area contributed by atoms with Crippen LogP contribution < -0.4 is 9.47 Å². The lowest BCUT2D eigenvalue weighted by Crippen LogP contribution is -1.96. The smallest absolute Gasteiger partial charge is 0.328 e. The molecule has 0 aliphatic carbocycles. The zero-order chi connectivity index (χ0) is 12.1. The highest BCUT2D eigenvalue weighted by atomic mass is 19.1. The van der Waals surface area contributed by atoms with E-state index in [0.717, 1.165) is 6.08 Å². The summed E-state index contributed by atoms with van der Waals surface area (Å²) in [7, 11) is 2.71. The van der Waals surface area contributed by atoms with Crippen molar-refractivity contribution < 1.29 is 23.8 Å². The van der Waals surface area contributed by atoms with Crippen LogP contribution in [0.25, 0.3) is 6.08 Å². The van der Waals surface area contributed by atoms with Gasteiger partial charge in [0.1, 0.15) is 5.75 Å². The molecule has 0 bridgehead atoms. The number of halogens is 1. The number of rotatable bonds is 4. The minimum Gasteiger partial charge on any atom is -0.496 e. The first kappa shape index (κ1) is 12.0. The highest BCUT2D eigenvalue weighted by molar-refractivity contribution is 5.86. The predicted octanol–water partition coefficient (Wildman–Crippen LogP) is 1.94. The van der Waals surface area contributed by atoms with Gasteiger partial charge in [-0.25, -0.2) is 9.18 Å². The second-order valence-corrected chi connectivity index (χ2v) is 2.87. The second-order valence-electron chi connectivity index (χ2n) is 2.87. The molecule has 1 aromatic carbocycles. The molecular formula is C11H11FO4. The highest BCUT2D eigenvalue weighted by Crippen LogP contribution is 2.32. The Morgan fingerprint density at radius 2 is 2.06 bits per heavy atom. The van der Waals surface area contributed by atoms with Crippen molar-refractivity contribution in [3.8, 4) is 11.5 Å². The summed E-state index contributed by atoms with van der Waals surface area (Å²) in [5.74, 6) is -1.41. The average Bonchev–Trinajstić information content (AvgIpc) is 2.26. The van der Waals surface area contributed by atoms with Gasteiger partial charge in [0, 0.05) is 6.08 Å². The number of hydrogen-bond donors (Lipinski definition) is 1. The number of hydrogen-bond acceptors (Lipinski definition) is 3. The molecular weight excluding hydrogens is 215 g/mol. The van der Waals surface area contributed by atoms with E-state index in [0.29, 0.717) is 5.75 Å². The second kappa shape index (κ2) is 5.16. The number of carboxylic acid groups (broad SMARTS) is 1. The van der Waals surface area contributed by atoms with E-state index < -0.39 is 11.8 Å². The molecule has 0 aliphatic rings. The van der Waals surface area contributed by atoms with Gasteiger partial charge in [-0.05, 0) is 18.2 Å². The lowest BCUT2D eigenvalue weighted by atomic mass is 10.1. The Hall–Kier alpha value is -2.04. The van der Waals surface area contributed by atoms with Crippen molar-refractivity contribution >= 4 is 12.0 Å². The number of aliphatic carboxylic acids is 1. The third-order valence-corrected chi connectivity index (χ3v) is 1.92. The van der Waals surface area contributed by atoms with E-state index in [9.17, 15) is 9.18 Å². The maximum absolute atomic E-state index is 13.3. The fourth-order valence-corrected chi connectivity index (χ4v) is 1.25. The van der Waals surface area contributed by atoms with Gasteiger partial charge < -0.3 is 14.6 Å². The summed E-state index contributed by atoms with van der Waals surface area (Å²) in [5.41, 5.74) is 0.257. The Kier molecular flexibility index (Phi) is 3.88. The van der Waals surface area contributed by atoms with Gasteiger partial charge in [-0.2, -0.15) is 0 Å². The van der Waals surface area contributed by atoms with E-state index in [1.54, 1.807) is 0 Å². The Morgan fingerprint density at radius 1 is 1.38 bits per heavy atom. The van der Waals surface area contributed by atoms with Gasteiger partial charge in [0.2, 0.25) is 0 Å². The zero-order valence-electron chi connectivity index (χ0n) is 8.86. The van der Waals surface area contributed by atoms with E-state index in [2.05, 4.69) is 0 Å². The molecule has 0 saturated carbocycles. The molecule has 0 atom stereocenters. The van der Waals surface area contributed by atoms with Crippen LogP contribution in [0.1, 0.15) is 5.56 Å². The van der Waals surface area contributed by atoms with Gasteiger partial charge >= 0.3 is 5.97 Å². The standard InChI is InChI=1S/C11H11FO4/c1-15-9-5-4-8(12)11(16-2)7(9)3-6-10(13)14/h3-6H,1-2H3,(H,13,14). The van der Waals surface area contributed by atoms with Gasteiger partial charge in [0.25, 0.3) is 0 Å². The van der Waals surface area contributed by atoms with E-state index in [1.165, 1.54) is 32.4 Å². The van der Waals surface area contributed by atoms with Crippen LogP contribution >= 0.6 is 0 Å². The summed E-state index contributed by atoms with van der Waals surface area (Å²) >= 11 is 0. The first-order chi connectivity index (χ1) is 7.60. The van der Waals surface area contributed by atoms with Crippen LogP contribution in [-0.4, -0.2) is 25.3 Å². The van der Waals surface area contributed by atoms with Crippen LogP contribution in [0.15, 0.2) is 18.2 Å². The van der Waals surface area contributed by atoms with Crippen molar-refractivity contribution in [3.05, 3.63) is 29.6 Å². The van der Waals surface area contributed by atoms with Gasteiger partial charge in [0.15, 0.2) is 11.6 Å². The van der Waals surface area contributed by atoms with Crippen molar-refractivity contribution in [2.45, 2.75) is 0 Å². The topological polar surface area (TPSA) is 55.8 Å². The third kappa shape index (κ3) is 2.50. The number of methoxy groups -OCH3 is 2. The Balaban J connectivity index is 3.30. The predicted molar refractivity (Wildman–Crippen MR) is 56.2 cm³/mol. The van der Waals surface area contributed by atoms with Crippen LogP contribution in [0.2, 0.25) is 0 Å². The monoisotopic (exact) mass is 226 g/mol. The molecule has 1 rings (SSSR count). The summed E-state index contributed by atoms with van der Waals surface area (Å²) in [6.45, 7) is 0. The van der Waals surface area contributed by atoms with Gasteiger partial charge in [-0.3, -0.25) is 0 Å². The number of benzene rings is 1. The quantitative estimate of drug-likeness (QED) is 0.797. The zero-order valence-corrected chi connectivity index (χ0v) is 8.86. The molecule has 86 valence electrons. The van der Waals surface area contributed by atoms with Crippen molar-refractivity contribution in [3.63, 3.8) is 0 Å². The average molecular weight is 226 g/mol. The molecule has 1 aromatic rings. The molecule has 0 spiro atoms. The number of carboxylic acids is 1. The molecule has 4 nitrogen and oxygen atoms in total. The van der Waals surface area contributed by atoms with Gasteiger partial charge in [-0.15, -0.1) is 0 Å². The summed E-state index contributed by atoms with van der Waals surface area (Å²) in [6.07, 6.45) is 2.11. The van der Waals surface area contributed by atoms with E-state index >= 15 is 0 Å². The van der Waals surface area contributed by atoms with Crippen molar-refractivity contribution in [2.24, 2.45) is 0 Å². The molecule has 0 heterocycles. The van der Waals surface area contributed by atoms with Crippen LogP contribution in [0, 0.1) is 5.82 Å². The van der Waals surface area contributed by atoms with Crippen molar-refractivity contribution in [1.29, 1.82) is 0 Å². The fourth-order valence-electron chi connectivity index (χ4n) is 1.25. The van der Waals surface area contributed by atoms with Crippen LogP contribution in [0.3, 0.4) is 0 Å². The van der Waals surface area contributed by atoms with Crippen molar-refractivity contribution in [2.75, 3.05) is 14.2 Å². The Morgan fingerprint density at radius 3 is 2.56 bits per heavy atom. The summed E-state index contributed by atoms with van der Waals surface area (Å²) in [4.78, 5) is 10.4. The van der Waals surface area contributed by atoms with E-state index in [4.69, 9.17) is 14.6 Å². The normalized spacial score (nSPS) is 10.4. The maximum atomic E-state index is 13.3. The van der Waals surface area contributed by atoms with Gasteiger partial charge in [0.05, 0.1) is 19.8 Å². The molecule has 0 unspecified atom stereocenters. The van der Waals surface area contributed by atoms with Crippen molar-refractivity contribution in [1.82, 2.24) is 0 Å². The maximum Gasteiger partial charge on any atom is 0.328 e. The lowest BCUT2D eigenvalue weighted by Gasteiger charge is -2.10. The molecule has 0 radical (unpaired) electrons. The highest BCUT2D eigenvalue weighted by Gasteiger charge is 2.12. The summed E-state index contributed by atoms with van der Waals surface area (Å²) < 4.78 is 23.2. The summed E-state index contributed by atoms with van der Waals surface area (Å²) in [6, 6.07) is 2.59. The Bertz CT molecular complexity index is 426. The largest absolute Gasteiger partial charge is 0.496 e. The van der Waals surface area contributed by atoms with Crippen LogP contribution in [-0.2, 0) is 4.79 Å². The minimum absolute atomic E-state index is 0.0446. The van der Waals surface area contributed by atoms with Crippen LogP contribution in [0.4, 0.5) is 4.39 Å². The molecule has 16 heavy (non-hydrogen) atoms. The summed E-state index contributed by atoms with van der Waals surface area (Å²) in [5, 5.41) is 8.51. The van der Waals surface area contributed by atoms with Crippen LogP contribution in [0.5, 0.6) is 11.5 Å². The molecule has 0 saturated heterocycles. The molecule has 0 amide bonds. The van der Waals surface area contributed by atoms with E-state index in [1.807, 2.05) is 0 Å².